The van der Waals surface area contributed by atoms with E-state index in [4.69, 9.17) is 4.55 Å². The maximum Gasteiger partial charge on any atom is 0.357 e. The summed E-state index contributed by atoms with van der Waals surface area (Å²) < 4.78 is 32.5. The van der Waals surface area contributed by atoms with Crippen molar-refractivity contribution < 1.29 is 13.0 Å². The van der Waals surface area contributed by atoms with Crippen LogP contribution in [0.15, 0.2) is 52.7 Å². The number of nitrogens with one attached hydrogen (secondary N) is 1. The van der Waals surface area contributed by atoms with E-state index in [1.807, 2.05) is 33.8 Å². The number of rotatable bonds is 6. The Balaban J connectivity index is 1.81. The molecule has 0 amide bonds. The maximum atomic E-state index is 10.8. The smallest absolute Gasteiger partial charge is 0.269 e. The Bertz CT molecular complexity index is 808. The molecule has 23 heavy (non-hydrogen) atoms. The molecule has 0 saturated heterocycles. The fourth-order valence-electron chi connectivity index (χ4n) is 2.33. The number of hydrogen-bond donors (Lipinski definition) is 2. The normalized spacial score (nSPS) is 12.9. The number of benzene rings is 1. The number of hydrogen-bond acceptors (Lipinski definition) is 5. The minimum absolute atomic E-state index is 0.182. The average Bonchev–Trinajstić information content (AvgIpc) is 3.19. The van der Waals surface area contributed by atoms with Gasteiger partial charge in [-0.05, 0) is 35.6 Å². The van der Waals surface area contributed by atoms with Gasteiger partial charge in [-0.15, -0.1) is 22.7 Å². The molecule has 2 heterocycles. The van der Waals surface area contributed by atoms with Gasteiger partial charge < -0.3 is 0 Å². The molecule has 1 aromatic carbocycles. The molecule has 0 aliphatic heterocycles. The highest BCUT2D eigenvalue weighted by molar-refractivity contribution is 7.87. The number of aromatic nitrogens is 1. The van der Waals surface area contributed by atoms with Crippen LogP contribution in [0.1, 0.15) is 22.1 Å². The first-order valence-corrected chi connectivity index (χ1v) is 10.0. The summed E-state index contributed by atoms with van der Waals surface area (Å²) in [5, 5.41) is 4.10. The van der Waals surface area contributed by atoms with E-state index >= 15 is 0 Å². The highest BCUT2D eigenvalue weighted by atomic mass is 32.2. The Hall–Kier alpha value is -1.74. The summed E-state index contributed by atoms with van der Waals surface area (Å²) in [6.07, 6.45) is 0.774. The van der Waals surface area contributed by atoms with Gasteiger partial charge in [0, 0.05) is 16.2 Å². The topological polar surface area (TPSA) is 79.3 Å². The summed E-state index contributed by atoms with van der Waals surface area (Å²) in [6, 6.07) is 11.1. The van der Waals surface area contributed by atoms with Crippen LogP contribution in [0.2, 0.25) is 0 Å². The first kappa shape index (κ1) is 16.1. The summed E-state index contributed by atoms with van der Waals surface area (Å²) in [4.78, 5) is 5.68. The van der Waals surface area contributed by atoms with Crippen molar-refractivity contribution in [2.75, 3.05) is 4.72 Å². The van der Waals surface area contributed by atoms with E-state index in [0.29, 0.717) is 5.69 Å². The van der Waals surface area contributed by atoms with Gasteiger partial charge in [0.15, 0.2) is 0 Å². The number of thiazole rings is 1. The highest BCUT2D eigenvalue weighted by Crippen LogP contribution is 2.31. The maximum absolute atomic E-state index is 10.8. The van der Waals surface area contributed by atoms with Crippen LogP contribution in [0.5, 0.6) is 0 Å². The molecule has 2 N–H and O–H groups in total. The van der Waals surface area contributed by atoms with Crippen molar-refractivity contribution in [3.05, 3.63) is 68.8 Å². The molecule has 0 saturated carbocycles. The Morgan fingerprint density at radius 1 is 1.22 bits per heavy atom. The Morgan fingerprint density at radius 2 is 2.00 bits per heavy atom. The quantitative estimate of drug-likeness (QED) is 0.651. The first-order chi connectivity index (χ1) is 11.0. The summed E-state index contributed by atoms with van der Waals surface area (Å²) in [5.41, 5.74) is 4.27. The predicted molar refractivity (Wildman–Crippen MR) is 93.6 cm³/mol. The van der Waals surface area contributed by atoms with Crippen LogP contribution in [-0.2, 0) is 16.7 Å². The third kappa shape index (κ3) is 4.38. The third-order valence-corrected chi connectivity index (χ3v) is 5.42. The molecule has 1 atom stereocenters. The van der Waals surface area contributed by atoms with Crippen LogP contribution in [0.3, 0.4) is 0 Å². The number of nitrogens with zero attached hydrogens (tertiary/aromatic N) is 1. The lowest BCUT2D eigenvalue weighted by Gasteiger charge is -2.14. The number of anilines is 1. The second-order valence-electron chi connectivity index (χ2n) is 4.96. The Labute approximate surface area is 142 Å². The van der Waals surface area contributed by atoms with Gasteiger partial charge in [0.2, 0.25) is 0 Å². The van der Waals surface area contributed by atoms with Crippen LogP contribution in [-0.4, -0.2) is 18.0 Å². The van der Waals surface area contributed by atoms with Crippen molar-refractivity contribution in [1.29, 1.82) is 0 Å². The zero-order chi connectivity index (χ0) is 16.3. The summed E-state index contributed by atoms with van der Waals surface area (Å²) in [7, 11) is -4.24. The third-order valence-electron chi connectivity index (χ3n) is 3.34. The molecule has 0 spiro atoms. The lowest BCUT2D eigenvalue weighted by atomic mass is 9.95. The molecule has 8 heteroatoms. The molecule has 120 valence electrons. The molecule has 2 aromatic heterocycles. The van der Waals surface area contributed by atoms with Crippen LogP contribution in [0.25, 0.3) is 0 Å². The van der Waals surface area contributed by atoms with E-state index in [2.05, 4.69) is 16.4 Å². The Kier molecular flexibility index (Phi) is 4.76. The van der Waals surface area contributed by atoms with Gasteiger partial charge in [0.25, 0.3) is 0 Å². The summed E-state index contributed by atoms with van der Waals surface area (Å²) in [5.74, 6) is 0.182. The van der Waals surface area contributed by atoms with Crippen molar-refractivity contribution >= 4 is 38.7 Å². The van der Waals surface area contributed by atoms with Gasteiger partial charge >= 0.3 is 10.3 Å². The predicted octanol–water partition coefficient (Wildman–Crippen LogP) is 3.79. The minimum Gasteiger partial charge on any atom is -0.269 e. The molecule has 3 aromatic rings. The number of thiophene rings is 1. The van der Waals surface area contributed by atoms with Crippen molar-refractivity contribution in [1.82, 2.24) is 4.98 Å². The van der Waals surface area contributed by atoms with Gasteiger partial charge in [-0.25, -0.2) is 4.98 Å². The van der Waals surface area contributed by atoms with Gasteiger partial charge in [-0.1, -0.05) is 18.2 Å². The standard InChI is InChI=1S/C15H14N2O3S3/c18-23(19,20)17-12-5-3-11(4-6-12)8-13(14-9-21-10-16-14)15-2-1-7-22-15/h1-7,9-10,13,17H,8H2,(H,18,19,20). The SMILES string of the molecule is O=S(=O)(O)Nc1ccc(CC(c2cscn2)c2cccs2)cc1. The van der Waals surface area contributed by atoms with E-state index in [1.54, 1.807) is 34.8 Å². The fraction of sp³-hybridized carbons (Fsp3) is 0.133. The van der Waals surface area contributed by atoms with E-state index in [-0.39, 0.29) is 5.92 Å². The molecule has 0 aliphatic rings. The fourth-order valence-corrected chi connectivity index (χ4v) is 4.21. The summed E-state index contributed by atoms with van der Waals surface area (Å²) >= 11 is 3.27. The van der Waals surface area contributed by atoms with E-state index in [1.165, 1.54) is 4.88 Å². The van der Waals surface area contributed by atoms with Crippen molar-refractivity contribution in [3.8, 4) is 0 Å². The van der Waals surface area contributed by atoms with Crippen LogP contribution >= 0.6 is 22.7 Å². The molecule has 0 fully saturated rings. The van der Waals surface area contributed by atoms with Gasteiger partial charge in [0.05, 0.1) is 16.9 Å². The van der Waals surface area contributed by atoms with E-state index in [9.17, 15) is 8.42 Å². The summed E-state index contributed by atoms with van der Waals surface area (Å²) in [6.45, 7) is 0. The van der Waals surface area contributed by atoms with E-state index in [0.717, 1.165) is 17.7 Å². The molecule has 0 radical (unpaired) electrons. The van der Waals surface area contributed by atoms with Crippen LogP contribution < -0.4 is 4.72 Å². The largest absolute Gasteiger partial charge is 0.357 e. The first-order valence-electron chi connectivity index (χ1n) is 6.77. The highest BCUT2D eigenvalue weighted by Gasteiger charge is 2.18. The molecular weight excluding hydrogens is 352 g/mol. The van der Waals surface area contributed by atoms with Crippen LogP contribution in [0.4, 0.5) is 5.69 Å². The Morgan fingerprint density at radius 3 is 2.57 bits per heavy atom. The monoisotopic (exact) mass is 366 g/mol. The molecule has 0 aliphatic carbocycles. The lowest BCUT2D eigenvalue weighted by Crippen LogP contribution is -2.10. The molecule has 0 bridgehead atoms. The van der Waals surface area contributed by atoms with Crippen molar-refractivity contribution in [2.45, 2.75) is 12.3 Å². The second-order valence-corrected chi connectivity index (χ2v) is 7.81. The molecular formula is C15H14N2O3S3. The second kappa shape index (κ2) is 6.79. The lowest BCUT2D eigenvalue weighted by molar-refractivity contribution is 0.489. The zero-order valence-electron chi connectivity index (χ0n) is 11.9. The van der Waals surface area contributed by atoms with Crippen molar-refractivity contribution in [3.63, 3.8) is 0 Å². The van der Waals surface area contributed by atoms with Gasteiger partial charge in [0.1, 0.15) is 0 Å². The van der Waals surface area contributed by atoms with Crippen molar-refractivity contribution in [2.24, 2.45) is 0 Å². The average molecular weight is 366 g/mol. The molecule has 1 unspecified atom stereocenters. The molecule has 3 rings (SSSR count). The van der Waals surface area contributed by atoms with E-state index < -0.39 is 10.3 Å². The zero-order valence-corrected chi connectivity index (χ0v) is 14.4. The van der Waals surface area contributed by atoms with Gasteiger partial charge in [-0.2, -0.15) is 8.42 Å². The minimum atomic E-state index is -4.24. The van der Waals surface area contributed by atoms with Crippen LogP contribution in [0, 0.1) is 0 Å². The molecule has 5 nitrogen and oxygen atoms in total. The van der Waals surface area contributed by atoms with Gasteiger partial charge in [-0.3, -0.25) is 9.27 Å².